The molecule has 2 unspecified atom stereocenters. The fourth-order valence-electron chi connectivity index (χ4n) is 3.68. The Hall–Kier alpha value is -3.10. The second kappa shape index (κ2) is 6.32. The highest BCUT2D eigenvalue weighted by molar-refractivity contribution is 5.85. The third-order valence-electron chi connectivity index (χ3n) is 4.99. The zero-order chi connectivity index (χ0) is 17.3. The summed E-state index contributed by atoms with van der Waals surface area (Å²) >= 11 is 0. The van der Waals surface area contributed by atoms with Crippen molar-refractivity contribution in [2.45, 2.75) is 12.3 Å². The van der Waals surface area contributed by atoms with Gasteiger partial charge < -0.3 is 4.74 Å². The molecule has 1 aliphatic rings. The largest absolute Gasteiger partial charge is 0.471 e. The standard InChI is InChI=1S/C24H19NO/c1-3-9-17(10-4-1)23-21-15-19-13-7-8-14-20(19)16-22(21)26-24(25-23)18-11-5-2-6-12-18/h1-16,23-25H. The van der Waals surface area contributed by atoms with Crippen molar-refractivity contribution in [1.82, 2.24) is 5.32 Å². The summed E-state index contributed by atoms with van der Waals surface area (Å²) in [6.07, 6.45) is -0.171. The van der Waals surface area contributed by atoms with E-state index >= 15 is 0 Å². The first kappa shape index (κ1) is 15.2. The first-order chi connectivity index (χ1) is 12.9. The van der Waals surface area contributed by atoms with Crippen LogP contribution in [-0.4, -0.2) is 0 Å². The Morgan fingerprint density at radius 2 is 1.19 bits per heavy atom. The molecule has 0 aromatic heterocycles. The Morgan fingerprint density at radius 3 is 1.88 bits per heavy atom. The Labute approximate surface area is 153 Å². The zero-order valence-electron chi connectivity index (χ0n) is 14.3. The SMILES string of the molecule is c1ccc(C2NC(c3ccccc3)c3cc4ccccc4cc3O2)cc1. The van der Waals surface area contributed by atoms with Gasteiger partial charge in [-0.3, -0.25) is 5.32 Å². The van der Waals surface area contributed by atoms with Crippen LogP contribution in [0, 0.1) is 0 Å². The summed E-state index contributed by atoms with van der Waals surface area (Å²) in [5.41, 5.74) is 3.56. The third-order valence-corrected chi connectivity index (χ3v) is 4.99. The van der Waals surface area contributed by atoms with E-state index in [1.165, 1.54) is 21.9 Å². The van der Waals surface area contributed by atoms with E-state index in [2.05, 4.69) is 84.2 Å². The molecule has 1 aliphatic heterocycles. The van der Waals surface area contributed by atoms with E-state index in [0.29, 0.717) is 0 Å². The van der Waals surface area contributed by atoms with Crippen molar-refractivity contribution in [3.05, 3.63) is 114 Å². The minimum atomic E-state index is -0.171. The van der Waals surface area contributed by atoms with E-state index in [0.717, 1.165) is 11.3 Å². The second-order valence-electron chi connectivity index (χ2n) is 6.66. The number of benzene rings is 4. The van der Waals surface area contributed by atoms with E-state index in [4.69, 9.17) is 4.74 Å². The Bertz CT molecular complexity index is 1040. The molecule has 2 heteroatoms. The van der Waals surface area contributed by atoms with Gasteiger partial charge in [0.05, 0.1) is 6.04 Å². The lowest BCUT2D eigenvalue weighted by Gasteiger charge is -2.34. The van der Waals surface area contributed by atoms with Crippen molar-refractivity contribution in [2.75, 3.05) is 0 Å². The van der Waals surface area contributed by atoms with Gasteiger partial charge in [0.1, 0.15) is 5.75 Å². The predicted molar refractivity (Wildman–Crippen MR) is 105 cm³/mol. The fraction of sp³-hybridized carbons (Fsp3) is 0.0833. The number of rotatable bonds is 2. The molecule has 2 nitrogen and oxygen atoms in total. The molecule has 1 N–H and O–H groups in total. The summed E-state index contributed by atoms with van der Waals surface area (Å²) in [7, 11) is 0. The van der Waals surface area contributed by atoms with Crippen molar-refractivity contribution in [3.8, 4) is 5.75 Å². The molecule has 4 aromatic rings. The maximum Gasteiger partial charge on any atom is 0.177 e. The third kappa shape index (κ3) is 2.65. The molecule has 0 bridgehead atoms. The van der Waals surface area contributed by atoms with Gasteiger partial charge >= 0.3 is 0 Å². The molecule has 126 valence electrons. The van der Waals surface area contributed by atoms with Crippen LogP contribution in [0.2, 0.25) is 0 Å². The molecule has 26 heavy (non-hydrogen) atoms. The summed E-state index contributed by atoms with van der Waals surface area (Å²) in [5, 5.41) is 6.12. The van der Waals surface area contributed by atoms with Gasteiger partial charge in [-0.15, -0.1) is 0 Å². The molecule has 0 fully saturated rings. The first-order valence-corrected chi connectivity index (χ1v) is 8.94. The molecular weight excluding hydrogens is 318 g/mol. The van der Waals surface area contributed by atoms with Gasteiger partial charge in [-0.2, -0.15) is 0 Å². The lowest BCUT2D eigenvalue weighted by atomic mass is 9.93. The smallest absolute Gasteiger partial charge is 0.177 e. The van der Waals surface area contributed by atoms with Crippen LogP contribution < -0.4 is 10.1 Å². The van der Waals surface area contributed by atoms with Crippen LogP contribution >= 0.6 is 0 Å². The van der Waals surface area contributed by atoms with Gasteiger partial charge in [0.2, 0.25) is 0 Å². The van der Waals surface area contributed by atoms with Gasteiger partial charge in [-0.05, 0) is 28.5 Å². The Balaban J connectivity index is 1.67. The summed E-state index contributed by atoms with van der Waals surface area (Å²) < 4.78 is 6.37. The summed E-state index contributed by atoms with van der Waals surface area (Å²) in [6.45, 7) is 0. The van der Waals surface area contributed by atoms with Gasteiger partial charge in [-0.25, -0.2) is 0 Å². The molecular formula is C24H19NO. The van der Waals surface area contributed by atoms with E-state index < -0.39 is 0 Å². The minimum Gasteiger partial charge on any atom is -0.471 e. The normalized spacial score (nSPS) is 18.9. The Morgan fingerprint density at radius 1 is 0.615 bits per heavy atom. The molecule has 0 saturated heterocycles. The van der Waals surface area contributed by atoms with Crippen molar-refractivity contribution >= 4 is 10.8 Å². The van der Waals surface area contributed by atoms with Crippen LogP contribution in [-0.2, 0) is 0 Å². The number of fused-ring (bicyclic) bond motifs is 2. The first-order valence-electron chi connectivity index (χ1n) is 8.94. The second-order valence-corrected chi connectivity index (χ2v) is 6.66. The summed E-state index contributed by atoms with van der Waals surface area (Å²) in [6, 6.07) is 33.8. The number of hydrogen-bond acceptors (Lipinski definition) is 2. The lowest BCUT2D eigenvalue weighted by Crippen LogP contribution is -2.35. The van der Waals surface area contributed by atoms with Crippen molar-refractivity contribution in [3.63, 3.8) is 0 Å². The average Bonchev–Trinajstić information content (AvgIpc) is 2.73. The topological polar surface area (TPSA) is 21.3 Å². The number of nitrogens with one attached hydrogen (secondary N) is 1. The van der Waals surface area contributed by atoms with Crippen LogP contribution in [0.5, 0.6) is 5.75 Å². The van der Waals surface area contributed by atoms with Crippen LogP contribution in [0.4, 0.5) is 0 Å². The fourth-order valence-corrected chi connectivity index (χ4v) is 3.68. The quantitative estimate of drug-likeness (QED) is 0.513. The van der Waals surface area contributed by atoms with E-state index in [-0.39, 0.29) is 12.3 Å². The van der Waals surface area contributed by atoms with E-state index in [1.807, 2.05) is 18.2 Å². The highest BCUT2D eigenvalue weighted by Gasteiger charge is 2.29. The highest BCUT2D eigenvalue weighted by atomic mass is 16.5. The van der Waals surface area contributed by atoms with Crippen LogP contribution in [0.15, 0.2) is 97.1 Å². The lowest BCUT2D eigenvalue weighted by molar-refractivity contribution is 0.133. The van der Waals surface area contributed by atoms with Gasteiger partial charge in [0, 0.05) is 11.1 Å². The average molecular weight is 337 g/mol. The molecule has 0 radical (unpaired) electrons. The van der Waals surface area contributed by atoms with Crippen molar-refractivity contribution in [2.24, 2.45) is 0 Å². The number of ether oxygens (including phenoxy) is 1. The van der Waals surface area contributed by atoms with E-state index in [9.17, 15) is 0 Å². The molecule has 0 amide bonds. The molecule has 0 saturated carbocycles. The molecule has 0 spiro atoms. The molecule has 5 rings (SSSR count). The summed E-state index contributed by atoms with van der Waals surface area (Å²) in [4.78, 5) is 0. The maximum absolute atomic E-state index is 6.37. The minimum absolute atomic E-state index is 0.0924. The highest BCUT2D eigenvalue weighted by Crippen LogP contribution is 2.40. The molecule has 4 aromatic carbocycles. The van der Waals surface area contributed by atoms with Crippen molar-refractivity contribution in [1.29, 1.82) is 0 Å². The van der Waals surface area contributed by atoms with Gasteiger partial charge in [-0.1, -0.05) is 84.9 Å². The Kier molecular flexibility index (Phi) is 3.69. The van der Waals surface area contributed by atoms with Crippen LogP contribution in [0.25, 0.3) is 10.8 Å². The van der Waals surface area contributed by atoms with Gasteiger partial charge in [0.15, 0.2) is 6.23 Å². The van der Waals surface area contributed by atoms with Gasteiger partial charge in [0.25, 0.3) is 0 Å². The van der Waals surface area contributed by atoms with Crippen LogP contribution in [0.3, 0.4) is 0 Å². The predicted octanol–water partition coefficient (Wildman–Crippen LogP) is 5.61. The number of hydrogen-bond donors (Lipinski definition) is 1. The zero-order valence-corrected chi connectivity index (χ0v) is 14.3. The summed E-state index contributed by atoms with van der Waals surface area (Å²) in [5.74, 6) is 0.949. The molecule has 1 heterocycles. The monoisotopic (exact) mass is 337 g/mol. The molecule has 0 aliphatic carbocycles. The van der Waals surface area contributed by atoms with E-state index in [1.54, 1.807) is 0 Å². The molecule has 2 atom stereocenters. The van der Waals surface area contributed by atoms with Crippen molar-refractivity contribution < 1.29 is 4.74 Å². The van der Waals surface area contributed by atoms with Crippen LogP contribution in [0.1, 0.15) is 29.0 Å². The maximum atomic E-state index is 6.37.